The van der Waals surface area contributed by atoms with Crippen molar-refractivity contribution in [3.05, 3.63) is 96.6 Å². The monoisotopic (exact) mass is 404 g/mol. The summed E-state index contributed by atoms with van der Waals surface area (Å²) in [5, 5.41) is 0. The summed E-state index contributed by atoms with van der Waals surface area (Å²) in [4.78, 5) is 17.4. The summed E-state index contributed by atoms with van der Waals surface area (Å²) in [6, 6.07) is 19.8. The molecule has 148 valence electrons. The lowest BCUT2D eigenvalue weighted by molar-refractivity contribution is 0.619. The van der Waals surface area contributed by atoms with Gasteiger partial charge in [-0.25, -0.2) is 9.97 Å². The number of rotatable bonds is 4. The Bertz CT molecular complexity index is 1390. The van der Waals surface area contributed by atoms with Gasteiger partial charge in [0, 0.05) is 35.9 Å². The number of fused-ring (bicyclic) bond motifs is 2. The molecule has 31 heavy (non-hydrogen) atoms. The molecule has 0 N–H and O–H groups in total. The van der Waals surface area contributed by atoms with Crippen molar-refractivity contribution in [2.24, 2.45) is 0 Å². The Balaban J connectivity index is 1.30. The van der Waals surface area contributed by atoms with Crippen molar-refractivity contribution in [1.29, 1.82) is 0 Å². The van der Waals surface area contributed by atoms with E-state index in [9.17, 15) is 0 Å². The Kier molecular flexibility index (Phi) is 4.06. The van der Waals surface area contributed by atoms with Crippen LogP contribution in [0.4, 0.5) is 0 Å². The van der Waals surface area contributed by atoms with Gasteiger partial charge in [-0.3, -0.25) is 9.97 Å². The third-order valence-corrected chi connectivity index (χ3v) is 5.17. The van der Waals surface area contributed by atoms with E-state index in [2.05, 4.69) is 44.2 Å². The van der Waals surface area contributed by atoms with E-state index in [1.54, 1.807) is 24.8 Å². The van der Waals surface area contributed by atoms with Gasteiger partial charge in [-0.15, -0.1) is 0 Å². The van der Waals surface area contributed by atoms with Gasteiger partial charge >= 0.3 is 0 Å². The van der Waals surface area contributed by atoms with Gasteiger partial charge in [0.15, 0.2) is 11.2 Å². The Morgan fingerprint density at radius 1 is 0.548 bits per heavy atom. The van der Waals surface area contributed by atoms with Crippen LogP contribution in [0.5, 0.6) is 0 Å². The first-order chi connectivity index (χ1) is 15.3. The maximum atomic E-state index is 5.90. The van der Waals surface area contributed by atoms with Crippen molar-refractivity contribution in [2.45, 2.75) is 6.42 Å². The molecule has 6 nitrogen and oxygen atoms in total. The molecule has 0 aliphatic rings. The fourth-order valence-electron chi connectivity index (χ4n) is 3.64. The summed E-state index contributed by atoms with van der Waals surface area (Å²) in [7, 11) is 0. The van der Waals surface area contributed by atoms with Crippen LogP contribution in [0.25, 0.3) is 45.1 Å². The fraction of sp³-hybridized carbons (Fsp3) is 0.0400. The van der Waals surface area contributed by atoms with Gasteiger partial charge < -0.3 is 8.83 Å². The molecule has 6 heteroatoms. The smallest absolute Gasteiger partial charge is 0.227 e. The SMILES string of the molecule is c1cc(-c2nc3cc(Cc4ccc5oc(-c6ccncc6)nc5c4)ccc3o2)ccn1. The van der Waals surface area contributed by atoms with Crippen LogP contribution in [0.15, 0.2) is 94.3 Å². The lowest BCUT2D eigenvalue weighted by Gasteiger charge is -2.01. The van der Waals surface area contributed by atoms with Crippen LogP contribution in [0.1, 0.15) is 11.1 Å². The van der Waals surface area contributed by atoms with Crippen LogP contribution < -0.4 is 0 Å². The second kappa shape index (κ2) is 7.18. The molecule has 0 saturated heterocycles. The van der Waals surface area contributed by atoms with Crippen molar-refractivity contribution in [1.82, 2.24) is 19.9 Å². The van der Waals surface area contributed by atoms with Crippen molar-refractivity contribution < 1.29 is 8.83 Å². The van der Waals surface area contributed by atoms with E-state index >= 15 is 0 Å². The Morgan fingerprint density at radius 2 is 1.00 bits per heavy atom. The summed E-state index contributed by atoms with van der Waals surface area (Å²) in [5.74, 6) is 1.20. The Labute approximate surface area is 177 Å². The molecule has 0 amide bonds. The fourth-order valence-corrected chi connectivity index (χ4v) is 3.64. The summed E-state index contributed by atoms with van der Waals surface area (Å²) in [6.45, 7) is 0. The minimum atomic E-state index is 0.599. The topological polar surface area (TPSA) is 77.8 Å². The molecule has 0 fully saturated rings. The molecule has 0 radical (unpaired) electrons. The van der Waals surface area contributed by atoms with E-state index in [1.165, 1.54) is 0 Å². The van der Waals surface area contributed by atoms with Crippen molar-refractivity contribution in [2.75, 3.05) is 0 Å². The van der Waals surface area contributed by atoms with E-state index in [0.29, 0.717) is 11.8 Å². The summed E-state index contributed by atoms with van der Waals surface area (Å²) in [6.07, 6.45) is 7.69. The highest BCUT2D eigenvalue weighted by Gasteiger charge is 2.11. The van der Waals surface area contributed by atoms with Crippen LogP contribution in [0.2, 0.25) is 0 Å². The highest BCUT2D eigenvalue weighted by molar-refractivity contribution is 5.78. The van der Waals surface area contributed by atoms with E-state index < -0.39 is 0 Å². The third kappa shape index (κ3) is 3.34. The number of oxazole rings is 2. The molecule has 2 aromatic carbocycles. The van der Waals surface area contributed by atoms with Gasteiger partial charge in [0.05, 0.1) is 0 Å². The molecule has 0 aliphatic carbocycles. The largest absolute Gasteiger partial charge is 0.436 e. The molecule has 6 aromatic rings. The van der Waals surface area contributed by atoms with Gasteiger partial charge in [0.25, 0.3) is 0 Å². The second-order valence-corrected chi connectivity index (χ2v) is 7.29. The quantitative estimate of drug-likeness (QED) is 0.376. The molecule has 0 atom stereocenters. The zero-order valence-electron chi connectivity index (χ0n) is 16.4. The van der Waals surface area contributed by atoms with Gasteiger partial charge in [-0.2, -0.15) is 0 Å². The van der Waals surface area contributed by atoms with Crippen molar-refractivity contribution in [3.63, 3.8) is 0 Å². The average molecular weight is 404 g/mol. The minimum absolute atomic E-state index is 0.599. The first kappa shape index (κ1) is 17.5. The molecule has 4 aromatic heterocycles. The Hall–Kier alpha value is -4.32. The summed E-state index contributed by atoms with van der Waals surface area (Å²) >= 11 is 0. The number of pyridine rings is 2. The number of hydrogen-bond donors (Lipinski definition) is 0. The molecule has 4 heterocycles. The number of benzene rings is 2. The van der Waals surface area contributed by atoms with Crippen LogP contribution in [-0.2, 0) is 6.42 Å². The Morgan fingerprint density at radius 3 is 1.45 bits per heavy atom. The minimum Gasteiger partial charge on any atom is -0.436 e. The maximum absolute atomic E-state index is 5.90. The maximum Gasteiger partial charge on any atom is 0.227 e. The van der Waals surface area contributed by atoms with E-state index in [4.69, 9.17) is 8.83 Å². The molecule has 0 unspecified atom stereocenters. The van der Waals surface area contributed by atoms with Crippen molar-refractivity contribution >= 4 is 22.2 Å². The van der Waals surface area contributed by atoms with E-state index in [-0.39, 0.29) is 0 Å². The van der Waals surface area contributed by atoms with Gasteiger partial charge in [-0.05, 0) is 66.1 Å². The van der Waals surface area contributed by atoms with Crippen LogP contribution in [0.3, 0.4) is 0 Å². The van der Waals surface area contributed by atoms with Crippen LogP contribution in [-0.4, -0.2) is 19.9 Å². The molecular formula is C25H16N4O2. The van der Waals surface area contributed by atoms with Gasteiger partial charge in [0.2, 0.25) is 11.8 Å². The first-order valence-electron chi connectivity index (χ1n) is 9.91. The highest BCUT2D eigenvalue weighted by atomic mass is 16.4. The summed E-state index contributed by atoms with van der Waals surface area (Å²) < 4.78 is 11.8. The summed E-state index contributed by atoms with van der Waals surface area (Å²) in [5.41, 5.74) is 7.34. The molecule has 0 spiro atoms. The predicted molar refractivity (Wildman–Crippen MR) is 117 cm³/mol. The lowest BCUT2D eigenvalue weighted by Crippen LogP contribution is -1.88. The predicted octanol–water partition coefficient (Wildman–Crippen LogP) is 5.68. The first-order valence-corrected chi connectivity index (χ1v) is 9.91. The number of aromatic nitrogens is 4. The van der Waals surface area contributed by atoms with Crippen molar-refractivity contribution in [3.8, 4) is 22.9 Å². The second-order valence-electron chi connectivity index (χ2n) is 7.29. The van der Waals surface area contributed by atoms with Gasteiger partial charge in [0.1, 0.15) is 11.0 Å². The zero-order valence-corrected chi connectivity index (χ0v) is 16.4. The highest BCUT2D eigenvalue weighted by Crippen LogP contribution is 2.27. The van der Waals surface area contributed by atoms with Crippen LogP contribution >= 0.6 is 0 Å². The standard InChI is InChI=1S/C25H16N4O2/c1-3-22-20(28-24(30-22)18-5-9-26-10-6-18)14-16(1)13-17-2-4-23-21(15-17)29-25(31-23)19-7-11-27-12-8-19/h1-12,14-15H,13H2. The zero-order chi connectivity index (χ0) is 20.6. The third-order valence-electron chi connectivity index (χ3n) is 5.17. The molecular weight excluding hydrogens is 388 g/mol. The molecule has 0 aliphatic heterocycles. The molecule has 0 bridgehead atoms. The molecule has 0 saturated carbocycles. The normalized spacial score (nSPS) is 11.4. The van der Waals surface area contributed by atoms with Gasteiger partial charge in [-0.1, -0.05) is 12.1 Å². The van der Waals surface area contributed by atoms with E-state index in [1.807, 2.05) is 36.4 Å². The number of nitrogens with zero attached hydrogens (tertiary/aromatic N) is 4. The lowest BCUT2D eigenvalue weighted by atomic mass is 10.0. The average Bonchev–Trinajstić information content (AvgIpc) is 3.44. The number of hydrogen-bond acceptors (Lipinski definition) is 6. The van der Waals surface area contributed by atoms with E-state index in [0.717, 1.165) is 50.9 Å². The molecule has 6 rings (SSSR count). The van der Waals surface area contributed by atoms with Crippen LogP contribution in [0, 0.1) is 0 Å².